The molecule has 1 aliphatic heterocycles. The number of nitrogens with zero attached hydrogens (tertiary/aromatic N) is 2. The molecule has 0 spiro atoms. The lowest BCUT2D eigenvalue weighted by Gasteiger charge is -2.14. The van der Waals surface area contributed by atoms with Crippen molar-refractivity contribution in [3.63, 3.8) is 0 Å². The molecule has 1 saturated heterocycles. The van der Waals surface area contributed by atoms with Crippen molar-refractivity contribution >= 4 is 11.8 Å². The first kappa shape index (κ1) is 13.6. The third-order valence-electron chi connectivity index (χ3n) is 3.58. The molecule has 1 unspecified atom stereocenters. The molecule has 0 bridgehead atoms. The molecule has 1 aromatic heterocycles. The average molecular weight is 264 g/mol. The molecular weight excluding hydrogens is 244 g/mol. The molecule has 1 aliphatic rings. The van der Waals surface area contributed by atoms with Crippen LogP contribution in [0.2, 0.25) is 0 Å². The molecule has 104 valence electrons. The Labute approximate surface area is 112 Å². The van der Waals surface area contributed by atoms with Gasteiger partial charge in [-0.25, -0.2) is 0 Å². The van der Waals surface area contributed by atoms with Gasteiger partial charge >= 0.3 is 0 Å². The van der Waals surface area contributed by atoms with E-state index in [2.05, 4.69) is 15.5 Å². The first-order chi connectivity index (χ1) is 9.01. The quantitative estimate of drug-likeness (QED) is 0.821. The van der Waals surface area contributed by atoms with Gasteiger partial charge in [0.05, 0.1) is 18.2 Å². The third-order valence-corrected chi connectivity index (χ3v) is 3.58. The summed E-state index contributed by atoms with van der Waals surface area (Å²) in [4.78, 5) is 25.3. The van der Waals surface area contributed by atoms with E-state index < -0.39 is 0 Å². The van der Waals surface area contributed by atoms with E-state index in [-0.39, 0.29) is 17.9 Å². The van der Waals surface area contributed by atoms with Gasteiger partial charge in [-0.3, -0.25) is 14.7 Å². The summed E-state index contributed by atoms with van der Waals surface area (Å²) in [5.41, 5.74) is 2.71. The molecule has 2 rings (SSSR count). The number of aryl methyl sites for hydroxylation is 2. The van der Waals surface area contributed by atoms with E-state index in [0.717, 1.165) is 17.0 Å². The number of hydrogen-bond acceptors (Lipinski definition) is 3. The average Bonchev–Trinajstić information content (AvgIpc) is 2.86. The highest BCUT2D eigenvalue weighted by Crippen LogP contribution is 2.13. The number of amides is 2. The summed E-state index contributed by atoms with van der Waals surface area (Å²) in [5.74, 6) is 0.0619. The number of aromatic amines is 1. The molecule has 1 fully saturated rings. The highest BCUT2D eigenvalue weighted by molar-refractivity contribution is 5.83. The summed E-state index contributed by atoms with van der Waals surface area (Å²) < 4.78 is 0. The fraction of sp³-hybridized carbons (Fsp3) is 0.615. The van der Waals surface area contributed by atoms with Gasteiger partial charge in [0, 0.05) is 30.8 Å². The summed E-state index contributed by atoms with van der Waals surface area (Å²) in [6, 6.07) is -0.0625. The standard InChI is InChI=1S/C13H20N4O2/c1-4-17-7-10(5-13(17)19)14-12(18)6-11-8(2)15-16-9(11)3/h10H,4-7H2,1-3H3,(H,14,18)(H,15,16). The lowest BCUT2D eigenvalue weighted by Crippen LogP contribution is -2.38. The molecule has 1 atom stereocenters. The summed E-state index contributed by atoms with van der Waals surface area (Å²) in [7, 11) is 0. The fourth-order valence-corrected chi connectivity index (χ4v) is 2.45. The minimum absolute atomic E-state index is 0.0525. The molecule has 6 nitrogen and oxygen atoms in total. The topological polar surface area (TPSA) is 78.1 Å². The number of nitrogens with one attached hydrogen (secondary N) is 2. The SMILES string of the molecule is CCN1CC(NC(=O)Cc2c(C)n[nH]c2C)CC1=O. The highest BCUT2D eigenvalue weighted by atomic mass is 16.2. The predicted molar refractivity (Wildman–Crippen MR) is 70.6 cm³/mol. The van der Waals surface area contributed by atoms with Crippen LogP contribution in [0.5, 0.6) is 0 Å². The molecule has 2 heterocycles. The van der Waals surface area contributed by atoms with Crippen LogP contribution in [0.4, 0.5) is 0 Å². The first-order valence-corrected chi connectivity index (χ1v) is 6.58. The number of aromatic nitrogens is 2. The minimum Gasteiger partial charge on any atom is -0.351 e. The summed E-state index contributed by atoms with van der Waals surface area (Å²) >= 11 is 0. The highest BCUT2D eigenvalue weighted by Gasteiger charge is 2.29. The number of likely N-dealkylation sites (N-methyl/N-ethyl adjacent to an activating group) is 1. The Morgan fingerprint density at radius 1 is 1.53 bits per heavy atom. The molecular formula is C13H20N4O2. The third kappa shape index (κ3) is 2.94. The Balaban J connectivity index is 1.91. The molecule has 2 amide bonds. The molecule has 6 heteroatoms. The van der Waals surface area contributed by atoms with Crippen molar-refractivity contribution < 1.29 is 9.59 Å². The Bertz CT molecular complexity index is 475. The van der Waals surface area contributed by atoms with Crippen molar-refractivity contribution in [1.82, 2.24) is 20.4 Å². The van der Waals surface area contributed by atoms with Crippen LogP contribution < -0.4 is 5.32 Å². The van der Waals surface area contributed by atoms with Gasteiger partial charge in [0.2, 0.25) is 11.8 Å². The van der Waals surface area contributed by atoms with Crippen LogP contribution in [0.25, 0.3) is 0 Å². The number of H-pyrrole nitrogens is 1. The second kappa shape index (κ2) is 5.42. The molecule has 0 aliphatic carbocycles. The van der Waals surface area contributed by atoms with Crippen LogP contribution >= 0.6 is 0 Å². The van der Waals surface area contributed by atoms with E-state index in [4.69, 9.17) is 0 Å². The van der Waals surface area contributed by atoms with Gasteiger partial charge in [0.15, 0.2) is 0 Å². The van der Waals surface area contributed by atoms with Gasteiger partial charge in [-0.1, -0.05) is 0 Å². The molecule has 0 radical (unpaired) electrons. The van der Waals surface area contributed by atoms with Gasteiger partial charge in [0.1, 0.15) is 0 Å². The van der Waals surface area contributed by atoms with Crippen molar-refractivity contribution in [2.24, 2.45) is 0 Å². The van der Waals surface area contributed by atoms with Crippen LogP contribution in [0.3, 0.4) is 0 Å². The lowest BCUT2D eigenvalue weighted by atomic mass is 10.1. The zero-order valence-electron chi connectivity index (χ0n) is 11.6. The first-order valence-electron chi connectivity index (χ1n) is 6.58. The zero-order chi connectivity index (χ0) is 14.0. The molecule has 1 aromatic rings. The Kier molecular flexibility index (Phi) is 3.87. The second-order valence-electron chi connectivity index (χ2n) is 4.99. The van der Waals surface area contributed by atoms with Crippen molar-refractivity contribution in [1.29, 1.82) is 0 Å². The van der Waals surface area contributed by atoms with Crippen LogP contribution in [-0.2, 0) is 16.0 Å². The Morgan fingerprint density at radius 2 is 2.26 bits per heavy atom. The summed E-state index contributed by atoms with van der Waals surface area (Å²) in [6.45, 7) is 7.04. The molecule has 0 aromatic carbocycles. The van der Waals surface area contributed by atoms with E-state index in [1.807, 2.05) is 20.8 Å². The summed E-state index contributed by atoms with van der Waals surface area (Å²) in [6.07, 6.45) is 0.716. The second-order valence-corrected chi connectivity index (χ2v) is 4.99. The number of rotatable bonds is 4. The van der Waals surface area contributed by atoms with Crippen LogP contribution in [0.1, 0.15) is 30.3 Å². The zero-order valence-corrected chi connectivity index (χ0v) is 11.6. The van der Waals surface area contributed by atoms with Crippen molar-refractivity contribution in [3.8, 4) is 0 Å². The van der Waals surface area contributed by atoms with E-state index in [1.54, 1.807) is 4.90 Å². The maximum absolute atomic E-state index is 12.0. The lowest BCUT2D eigenvalue weighted by molar-refractivity contribution is -0.127. The monoisotopic (exact) mass is 264 g/mol. The normalized spacial score (nSPS) is 19.0. The predicted octanol–water partition coefficient (Wildman–Crippen LogP) is 0.306. The van der Waals surface area contributed by atoms with Gasteiger partial charge in [-0.05, 0) is 20.8 Å². The van der Waals surface area contributed by atoms with Crippen molar-refractivity contribution in [3.05, 3.63) is 17.0 Å². The van der Waals surface area contributed by atoms with Gasteiger partial charge in [0.25, 0.3) is 0 Å². The minimum atomic E-state index is -0.0625. The largest absolute Gasteiger partial charge is 0.351 e. The van der Waals surface area contributed by atoms with Crippen LogP contribution in [-0.4, -0.2) is 46.0 Å². The van der Waals surface area contributed by atoms with E-state index in [0.29, 0.717) is 25.9 Å². The van der Waals surface area contributed by atoms with E-state index in [1.165, 1.54) is 0 Å². The van der Waals surface area contributed by atoms with Crippen LogP contribution in [0, 0.1) is 13.8 Å². The molecule has 0 saturated carbocycles. The maximum Gasteiger partial charge on any atom is 0.224 e. The van der Waals surface area contributed by atoms with Crippen molar-refractivity contribution in [2.75, 3.05) is 13.1 Å². The smallest absolute Gasteiger partial charge is 0.224 e. The number of carbonyl (C=O) groups excluding carboxylic acids is 2. The maximum atomic E-state index is 12.0. The number of carbonyl (C=O) groups is 2. The van der Waals surface area contributed by atoms with E-state index >= 15 is 0 Å². The van der Waals surface area contributed by atoms with E-state index in [9.17, 15) is 9.59 Å². The fourth-order valence-electron chi connectivity index (χ4n) is 2.45. The number of hydrogen-bond donors (Lipinski definition) is 2. The number of likely N-dealkylation sites (tertiary alicyclic amines) is 1. The van der Waals surface area contributed by atoms with Gasteiger partial charge in [-0.15, -0.1) is 0 Å². The van der Waals surface area contributed by atoms with Gasteiger partial charge in [-0.2, -0.15) is 5.10 Å². The van der Waals surface area contributed by atoms with Crippen LogP contribution in [0.15, 0.2) is 0 Å². The molecule has 2 N–H and O–H groups in total. The summed E-state index contributed by atoms with van der Waals surface area (Å²) in [5, 5.41) is 9.86. The van der Waals surface area contributed by atoms with Gasteiger partial charge < -0.3 is 10.2 Å². The van der Waals surface area contributed by atoms with Crippen molar-refractivity contribution in [2.45, 2.75) is 39.7 Å². The Hall–Kier alpha value is -1.85. The Morgan fingerprint density at radius 3 is 2.79 bits per heavy atom. The molecule has 19 heavy (non-hydrogen) atoms.